The number of carboxylic acids is 1. The summed E-state index contributed by atoms with van der Waals surface area (Å²) in [4.78, 5) is 31.7. The normalized spacial score (nSPS) is 17.6. The highest BCUT2D eigenvalue weighted by atomic mass is 16.6. The number of benzene rings is 1. The molecule has 3 heterocycles. The fraction of sp³-hybridized carbons (Fsp3) is 0.458. The predicted octanol–water partition coefficient (Wildman–Crippen LogP) is 3.71. The molecule has 0 bridgehead atoms. The number of methoxy groups -OCH3 is 1. The number of hydrogen-bond donors (Lipinski definition) is 1. The molecule has 0 spiro atoms. The second kappa shape index (κ2) is 9.28. The van der Waals surface area contributed by atoms with Crippen molar-refractivity contribution in [2.24, 2.45) is 0 Å². The van der Waals surface area contributed by atoms with E-state index in [1.807, 2.05) is 43.9 Å². The van der Waals surface area contributed by atoms with Gasteiger partial charge in [-0.1, -0.05) is 0 Å². The second-order valence-corrected chi connectivity index (χ2v) is 9.14. The zero-order chi connectivity index (χ0) is 24.5. The molecule has 10 heteroatoms. The summed E-state index contributed by atoms with van der Waals surface area (Å²) < 4.78 is 22.5. The van der Waals surface area contributed by atoms with Crippen LogP contribution in [0.4, 0.5) is 16.2 Å². The molecule has 0 saturated carbocycles. The maximum absolute atomic E-state index is 12.3. The Hall–Kier alpha value is -3.69. The number of ether oxygens (including phenoxy) is 4. The third-order valence-electron chi connectivity index (χ3n) is 5.47. The van der Waals surface area contributed by atoms with Gasteiger partial charge < -0.3 is 33.9 Å². The van der Waals surface area contributed by atoms with Crippen LogP contribution in [0, 0.1) is 0 Å². The summed E-state index contributed by atoms with van der Waals surface area (Å²) in [6.07, 6.45) is 1.76. The highest BCUT2D eigenvalue weighted by molar-refractivity contribution is 5.91. The number of aromatic carboxylic acids is 1. The summed E-state index contributed by atoms with van der Waals surface area (Å²) >= 11 is 0. The van der Waals surface area contributed by atoms with Gasteiger partial charge in [-0.15, -0.1) is 0 Å². The fourth-order valence-corrected chi connectivity index (χ4v) is 3.95. The van der Waals surface area contributed by atoms with Gasteiger partial charge >= 0.3 is 12.1 Å². The van der Waals surface area contributed by atoms with Crippen molar-refractivity contribution >= 4 is 23.4 Å². The van der Waals surface area contributed by atoms with E-state index in [1.165, 1.54) is 13.2 Å². The molecular weight excluding hydrogens is 442 g/mol. The van der Waals surface area contributed by atoms with Crippen molar-refractivity contribution in [3.05, 3.63) is 36.0 Å². The molecule has 182 valence electrons. The van der Waals surface area contributed by atoms with Crippen LogP contribution >= 0.6 is 0 Å². The molecule has 34 heavy (non-hydrogen) atoms. The summed E-state index contributed by atoms with van der Waals surface area (Å²) in [5, 5.41) is 9.52. The van der Waals surface area contributed by atoms with E-state index >= 15 is 0 Å². The maximum Gasteiger partial charge on any atom is 0.410 e. The molecule has 1 aromatic heterocycles. The van der Waals surface area contributed by atoms with Gasteiger partial charge in [-0.2, -0.15) is 0 Å². The van der Waals surface area contributed by atoms with Crippen LogP contribution in [0.3, 0.4) is 0 Å². The lowest BCUT2D eigenvalue weighted by atomic mass is 10.1. The van der Waals surface area contributed by atoms with Gasteiger partial charge in [0.2, 0.25) is 5.88 Å². The van der Waals surface area contributed by atoms with E-state index in [2.05, 4.69) is 4.98 Å². The number of aromatic nitrogens is 1. The molecule has 1 unspecified atom stereocenters. The van der Waals surface area contributed by atoms with Crippen molar-refractivity contribution in [2.45, 2.75) is 38.9 Å². The molecule has 0 radical (unpaired) electrons. The maximum atomic E-state index is 12.3. The van der Waals surface area contributed by atoms with Crippen LogP contribution in [-0.4, -0.2) is 72.1 Å². The van der Waals surface area contributed by atoms with E-state index in [1.54, 1.807) is 11.1 Å². The van der Waals surface area contributed by atoms with Crippen molar-refractivity contribution in [3.63, 3.8) is 0 Å². The lowest BCUT2D eigenvalue weighted by Crippen LogP contribution is -2.36. The van der Waals surface area contributed by atoms with Crippen molar-refractivity contribution in [1.29, 1.82) is 0 Å². The molecule has 1 atom stereocenters. The predicted molar refractivity (Wildman–Crippen MR) is 124 cm³/mol. The summed E-state index contributed by atoms with van der Waals surface area (Å²) in [7, 11) is 1.38. The van der Waals surface area contributed by atoms with Crippen LogP contribution < -0.4 is 19.1 Å². The highest BCUT2D eigenvalue weighted by Gasteiger charge is 2.31. The Balaban J connectivity index is 1.52. The first-order valence-corrected chi connectivity index (χ1v) is 11.1. The van der Waals surface area contributed by atoms with Crippen LogP contribution in [-0.2, 0) is 4.74 Å². The van der Waals surface area contributed by atoms with Crippen LogP contribution in [0.15, 0.2) is 30.5 Å². The van der Waals surface area contributed by atoms with E-state index in [-0.39, 0.29) is 23.6 Å². The third kappa shape index (κ3) is 5.11. The SMILES string of the molecule is COc1ncc(N2CCOc3ccc(OC4CCN(C(=O)OC(C)(C)C)C4)cc32)cc1C(=O)O. The van der Waals surface area contributed by atoms with Gasteiger partial charge in [0.15, 0.2) is 0 Å². The van der Waals surface area contributed by atoms with E-state index in [0.29, 0.717) is 49.8 Å². The quantitative estimate of drug-likeness (QED) is 0.698. The first kappa shape index (κ1) is 23.5. The second-order valence-electron chi connectivity index (χ2n) is 9.14. The molecule has 0 aliphatic carbocycles. The average molecular weight is 472 g/mol. The van der Waals surface area contributed by atoms with Gasteiger partial charge in [0.05, 0.1) is 37.8 Å². The molecular formula is C24H29N3O7. The van der Waals surface area contributed by atoms with Gasteiger partial charge in [-0.25, -0.2) is 14.6 Å². The third-order valence-corrected chi connectivity index (χ3v) is 5.47. The molecule has 1 aromatic carbocycles. The van der Waals surface area contributed by atoms with Gasteiger partial charge in [-0.3, -0.25) is 0 Å². The van der Waals surface area contributed by atoms with Crippen molar-refractivity contribution in [2.75, 3.05) is 38.3 Å². The molecule has 1 fully saturated rings. The van der Waals surface area contributed by atoms with Gasteiger partial charge in [-0.05, 0) is 39.0 Å². The number of anilines is 2. The number of pyridine rings is 1. The number of carboxylic acid groups (broad SMARTS) is 1. The minimum atomic E-state index is -1.12. The minimum Gasteiger partial charge on any atom is -0.490 e. The number of fused-ring (bicyclic) bond motifs is 1. The van der Waals surface area contributed by atoms with Crippen molar-refractivity contribution in [3.8, 4) is 17.4 Å². The number of nitrogens with zero attached hydrogens (tertiary/aromatic N) is 3. The molecule has 1 saturated heterocycles. The number of hydrogen-bond acceptors (Lipinski definition) is 8. The summed E-state index contributed by atoms with van der Waals surface area (Å²) in [5.41, 5.74) is 0.786. The topological polar surface area (TPSA) is 111 Å². The molecule has 1 N–H and O–H groups in total. The monoisotopic (exact) mass is 471 g/mol. The molecule has 4 rings (SSSR count). The van der Waals surface area contributed by atoms with Crippen LogP contribution in [0.1, 0.15) is 37.6 Å². The summed E-state index contributed by atoms with van der Waals surface area (Å²) in [6, 6.07) is 7.04. The number of amides is 1. The lowest BCUT2D eigenvalue weighted by molar-refractivity contribution is 0.0275. The summed E-state index contributed by atoms with van der Waals surface area (Å²) in [6.45, 7) is 7.48. The molecule has 2 aliphatic rings. The zero-order valence-electron chi connectivity index (χ0n) is 19.7. The van der Waals surface area contributed by atoms with Crippen LogP contribution in [0.5, 0.6) is 17.4 Å². The first-order chi connectivity index (χ1) is 16.1. The Bertz CT molecular complexity index is 1080. The number of likely N-dealkylation sites (tertiary alicyclic amines) is 1. The highest BCUT2D eigenvalue weighted by Crippen LogP contribution is 2.40. The van der Waals surface area contributed by atoms with Gasteiger partial charge in [0.1, 0.15) is 35.4 Å². The largest absolute Gasteiger partial charge is 0.490 e. The fourth-order valence-electron chi connectivity index (χ4n) is 3.95. The number of carbonyl (C=O) groups excluding carboxylic acids is 1. The molecule has 2 aliphatic heterocycles. The first-order valence-electron chi connectivity index (χ1n) is 11.1. The van der Waals surface area contributed by atoms with Gasteiger partial charge in [0.25, 0.3) is 0 Å². The van der Waals surface area contributed by atoms with Gasteiger partial charge in [0, 0.05) is 19.0 Å². The summed E-state index contributed by atoms with van der Waals surface area (Å²) in [5.74, 6) is 0.225. The Morgan fingerprint density at radius 2 is 2.00 bits per heavy atom. The van der Waals surface area contributed by atoms with Crippen molar-refractivity contribution < 1.29 is 33.6 Å². The number of carbonyl (C=O) groups is 2. The molecule has 2 aromatic rings. The Labute approximate surface area is 198 Å². The van der Waals surface area contributed by atoms with Crippen LogP contribution in [0.2, 0.25) is 0 Å². The van der Waals surface area contributed by atoms with E-state index < -0.39 is 11.6 Å². The van der Waals surface area contributed by atoms with E-state index in [0.717, 1.165) is 5.69 Å². The Morgan fingerprint density at radius 1 is 1.21 bits per heavy atom. The van der Waals surface area contributed by atoms with E-state index in [4.69, 9.17) is 18.9 Å². The van der Waals surface area contributed by atoms with Crippen molar-refractivity contribution in [1.82, 2.24) is 9.88 Å². The van der Waals surface area contributed by atoms with E-state index in [9.17, 15) is 14.7 Å². The van der Waals surface area contributed by atoms with Crippen LogP contribution in [0.25, 0.3) is 0 Å². The average Bonchev–Trinajstić information content (AvgIpc) is 3.26. The lowest BCUT2D eigenvalue weighted by Gasteiger charge is -2.31. The Kier molecular flexibility index (Phi) is 6.41. The number of rotatable bonds is 5. The zero-order valence-corrected chi connectivity index (χ0v) is 19.7. The smallest absolute Gasteiger partial charge is 0.410 e. The minimum absolute atomic E-state index is 0.0198. The molecule has 10 nitrogen and oxygen atoms in total. The molecule has 1 amide bonds. The standard InChI is InChI=1S/C24H29N3O7/c1-24(2,3)34-23(30)26-8-7-17(14-26)33-16-5-6-20-19(12-16)27(9-10-32-20)15-11-18(22(28)29)21(31-4)25-13-15/h5-6,11-13,17H,7-10,14H2,1-4H3,(H,28,29). The Morgan fingerprint density at radius 3 is 2.71 bits per heavy atom.